The third-order valence-electron chi connectivity index (χ3n) is 2.59. The second-order valence-corrected chi connectivity index (χ2v) is 4.87. The molecule has 0 aliphatic carbocycles. The molecule has 0 spiro atoms. The minimum Gasteiger partial charge on any atom is -0.398 e. The minimum atomic E-state index is 0.361. The van der Waals surface area contributed by atoms with Crippen LogP contribution in [0.15, 0.2) is 23.1 Å². The summed E-state index contributed by atoms with van der Waals surface area (Å²) in [6.07, 6.45) is 2.66. The summed E-state index contributed by atoms with van der Waals surface area (Å²) in [5.74, 6) is 0.941. The van der Waals surface area contributed by atoms with Crippen molar-refractivity contribution in [3.8, 4) is 6.07 Å². The number of nitrogens with zero attached hydrogens (tertiary/aromatic N) is 1. The number of nitrogen functional groups attached to an aromatic ring is 1. The molecule has 2 N–H and O–H groups in total. The number of nitrogens with two attached hydrogens (primary N) is 1. The van der Waals surface area contributed by atoms with E-state index in [2.05, 4.69) is 6.07 Å². The lowest BCUT2D eigenvalue weighted by molar-refractivity contribution is 0.129. The monoisotopic (exact) mass is 234 g/mol. The molecule has 3 nitrogen and oxygen atoms in total. The maximum atomic E-state index is 8.72. The molecule has 1 saturated heterocycles. The van der Waals surface area contributed by atoms with E-state index in [1.54, 1.807) is 23.9 Å². The smallest absolute Gasteiger partial charge is 0.0992 e. The van der Waals surface area contributed by atoms with E-state index >= 15 is 0 Å². The molecule has 16 heavy (non-hydrogen) atoms. The van der Waals surface area contributed by atoms with Crippen molar-refractivity contribution in [3.63, 3.8) is 0 Å². The highest BCUT2D eigenvalue weighted by atomic mass is 32.2. The normalized spacial score (nSPS) is 19.6. The number of nitriles is 1. The molecule has 1 atom stereocenters. The summed E-state index contributed by atoms with van der Waals surface area (Å²) >= 11 is 1.70. The summed E-state index contributed by atoms with van der Waals surface area (Å²) in [4.78, 5) is 1.04. The summed E-state index contributed by atoms with van der Waals surface area (Å²) in [6, 6.07) is 7.51. The lowest BCUT2D eigenvalue weighted by Crippen LogP contribution is -2.08. The maximum absolute atomic E-state index is 8.72. The van der Waals surface area contributed by atoms with Crippen LogP contribution in [0.2, 0.25) is 0 Å². The summed E-state index contributed by atoms with van der Waals surface area (Å²) in [5, 5.41) is 8.72. The molecular weight excluding hydrogens is 220 g/mol. The van der Waals surface area contributed by atoms with Crippen molar-refractivity contribution in [1.29, 1.82) is 5.26 Å². The van der Waals surface area contributed by atoms with Crippen LogP contribution in [0.1, 0.15) is 18.4 Å². The van der Waals surface area contributed by atoms with Crippen LogP contribution in [0.4, 0.5) is 5.69 Å². The second-order valence-electron chi connectivity index (χ2n) is 3.81. The average molecular weight is 234 g/mol. The first kappa shape index (κ1) is 11.3. The molecule has 0 radical (unpaired) electrons. The first-order chi connectivity index (χ1) is 7.79. The van der Waals surface area contributed by atoms with Gasteiger partial charge in [0.25, 0.3) is 0 Å². The van der Waals surface area contributed by atoms with Gasteiger partial charge in [0.15, 0.2) is 0 Å². The van der Waals surface area contributed by atoms with Crippen LogP contribution in [0.25, 0.3) is 0 Å². The van der Waals surface area contributed by atoms with Gasteiger partial charge in [-0.3, -0.25) is 0 Å². The second kappa shape index (κ2) is 5.24. The summed E-state index contributed by atoms with van der Waals surface area (Å²) < 4.78 is 5.55. The topological polar surface area (TPSA) is 59.0 Å². The van der Waals surface area contributed by atoms with Crippen molar-refractivity contribution < 1.29 is 4.74 Å². The third-order valence-corrected chi connectivity index (χ3v) is 3.81. The van der Waals surface area contributed by atoms with Gasteiger partial charge in [-0.1, -0.05) is 0 Å². The first-order valence-corrected chi connectivity index (χ1v) is 6.32. The number of benzene rings is 1. The Bertz CT molecular complexity index is 408. The van der Waals surface area contributed by atoms with E-state index in [0.29, 0.717) is 17.4 Å². The highest BCUT2D eigenvalue weighted by Gasteiger charge is 2.16. The highest BCUT2D eigenvalue weighted by Crippen LogP contribution is 2.28. The Labute approximate surface area is 99.6 Å². The number of hydrogen-bond acceptors (Lipinski definition) is 4. The zero-order valence-electron chi connectivity index (χ0n) is 8.98. The molecule has 1 heterocycles. The third kappa shape index (κ3) is 2.69. The number of anilines is 1. The molecule has 1 aliphatic rings. The number of rotatable bonds is 3. The molecule has 0 saturated carbocycles. The fourth-order valence-electron chi connectivity index (χ4n) is 1.71. The fourth-order valence-corrected chi connectivity index (χ4v) is 2.73. The molecule has 0 bridgehead atoms. The van der Waals surface area contributed by atoms with E-state index < -0.39 is 0 Å². The molecule has 4 heteroatoms. The predicted octanol–water partition coefficient (Wildman–Crippen LogP) is 2.41. The molecule has 0 aromatic heterocycles. The van der Waals surface area contributed by atoms with Gasteiger partial charge in [-0.05, 0) is 31.0 Å². The van der Waals surface area contributed by atoms with E-state index in [1.165, 1.54) is 0 Å². The number of thioether (sulfide) groups is 1. The Morgan fingerprint density at radius 3 is 3.06 bits per heavy atom. The van der Waals surface area contributed by atoms with E-state index in [9.17, 15) is 0 Å². The largest absolute Gasteiger partial charge is 0.398 e. The highest BCUT2D eigenvalue weighted by molar-refractivity contribution is 7.99. The molecule has 2 rings (SSSR count). The fraction of sp³-hybridized carbons (Fsp3) is 0.417. The SMILES string of the molecule is N#Cc1ccc(SCC2CCCO2)c(N)c1. The molecule has 1 unspecified atom stereocenters. The molecule has 1 fully saturated rings. The van der Waals surface area contributed by atoms with Gasteiger partial charge in [0.05, 0.1) is 17.7 Å². The Balaban J connectivity index is 1.96. The van der Waals surface area contributed by atoms with Crippen molar-refractivity contribution in [1.82, 2.24) is 0 Å². The molecule has 0 amide bonds. The van der Waals surface area contributed by atoms with Gasteiger partial charge in [0.2, 0.25) is 0 Å². The van der Waals surface area contributed by atoms with Crippen LogP contribution in [0.3, 0.4) is 0 Å². The van der Waals surface area contributed by atoms with E-state index in [4.69, 9.17) is 15.7 Å². The van der Waals surface area contributed by atoms with E-state index in [-0.39, 0.29) is 0 Å². The van der Waals surface area contributed by atoms with Gasteiger partial charge in [0, 0.05) is 22.9 Å². The van der Waals surface area contributed by atoms with Crippen molar-refractivity contribution in [2.24, 2.45) is 0 Å². The average Bonchev–Trinajstić information content (AvgIpc) is 2.80. The predicted molar refractivity (Wildman–Crippen MR) is 65.3 cm³/mol. The Morgan fingerprint density at radius 2 is 2.44 bits per heavy atom. The molecule has 1 aliphatic heterocycles. The van der Waals surface area contributed by atoms with Crippen LogP contribution in [-0.4, -0.2) is 18.5 Å². The molecule has 84 valence electrons. The van der Waals surface area contributed by atoms with Crippen molar-refractivity contribution in [2.75, 3.05) is 18.1 Å². The van der Waals surface area contributed by atoms with Gasteiger partial charge in [-0.15, -0.1) is 11.8 Å². The summed E-state index contributed by atoms with van der Waals surface area (Å²) in [6.45, 7) is 0.883. The Hall–Kier alpha value is -1.18. The molecule has 1 aromatic carbocycles. The zero-order valence-corrected chi connectivity index (χ0v) is 9.80. The zero-order chi connectivity index (χ0) is 11.4. The Morgan fingerprint density at radius 1 is 1.56 bits per heavy atom. The Kier molecular flexibility index (Phi) is 3.70. The van der Waals surface area contributed by atoms with Gasteiger partial charge < -0.3 is 10.5 Å². The van der Waals surface area contributed by atoms with Gasteiger partial charge in [0.1, 0.15) is 0 Å². The van der Waals surface area contributed by atoms with Gasteiger partial charge in [-0.25, -0.2) is 0 Å². The lowest BCUT2D eigenvalue weighted by Gasteiger charge is -2.10. The van der Waals surface area contributed by atoms with Gasteiger partial charge >= 0.3 is 0 Å². The standard InChI is InChI=1S/C12H14N2OS/c13-7-9-3-4-12(11(14)6-9)16-8-10-2-1-5-15-10/h3-4,6,10H,1-2,5,8,14H2. The number of ether oxygens (including phenoxy) is 1. The van der Waals surface area contributed by atoms with Crippen LogP contribution < -0.4 is 5.73 Å². The van der Waals surface area contributed by atoms with E-state index in [0.717, 1.165) is 30.1 Å². The number of hydrogen-bond donors (Lipinski definition) is 1. The maximum Gasteiger partial charge on any atom is 0.0992 e. The van der Waals surface area contributed by atoms with Crippen LogP contribution in [0.5, 0.6) is 0 Å². The van der Waals surface area contributed by atoms with Crippen LogP contribution >= 0.6 is 11.8 Å². The van der Waals surface area contributed by atoms with Crippen molar-refractivity contribution >= 4 is 17.4 Å². The quantitative estimate of drug-likeness (QED) is 0.644. The van der Waals surface area contributed by atoms with E-state index in [1.807, 2.05) is 6.07 Å². The van der Waals surface area contributed by atoms with Crippen LogP contribution in [-0.2, 0) is 4.74 Å². The first-order valence-electron chi connectivity index (χ1n) is 5.33. The minimum absolute atomic E-state index is 0.361. The van der Waals surface area contributed by atoms with Crippen molar-refractivity contribution in [3.05, 3.63) is 23.8 Å². The summed E-state index contributed by atoms with van der Waals surface area (Å²) in [7, 11) is 0. The van der Waals surface area contributed by atoms with Crippen molar-refractivity contribution in [2.45, 2.75) is 23.8 Å². The summed E-state index contributed by atoms with van der Waals surface area (Å²) in [5.41, 5.74) is 7.16. The van der Waals surface area contributed by atoms with Gasteiger partial charge in [-0.2, -0.15) is 5.26 Å². The molecule has 1 aromatic rings. The van der Waals surface area contributed by atoms with Crippen LogP contribution in [0, 0.1) is 11.3 Å². The lowest BCUT2D eigenvalue weighted by atomic mass is 10.2. The molecular formula is C12H14N2OS.